The molecule has 0 aliphatic carbocycles. The van der Waals surface area contributed by atoms with E-state index in [9.17, 15) is 0 Å². The van der Waals surface area contributed by atoms with Gasteiger partial charge < -0.3 is 8.83 Å². The first-order chi connectivity index (χ1) is 18.8. The smallest absolute Gasteiger partial charge is 0.181 e. The molecule has 0 atom stereocenters. The zero-order valence-electron chi connectivity index (χ0n) is 20.3. The number of oxazole rings is 2. The zero-order chi connectivity index (χ0) is 25.1. The molecule has 0 saturated carbocycles. The standard InChI is InChI=1S/C34H20N2O2/c1-5-23(31-17-37-19-35-31)6-2-21(1)27-13-9-25-12-16-30-28(14-10-26-11-15-29(27)33(25)34(26)30)22-3-7-24(8-4-22)32-18-38-20-36-32/h1-20H. The van der Waals surface area contributed by atoms with Crippen molar-refractivity contribution in [1.82, 2.24) is 9.97 Å². The van der Waals surface area contributed by atoms with Gasteiger partial charge in [0, 0.05) is 11.1 Å². The molecular formula is C34H20N2O2. The van der Waals surface area contributed by atoms with Crippen LogP contribution in [0.5, 0.6) is 0 Å². The van der Waals surface area contributed by atoms with Crippen LogP contribution in [0.2, 0.25) is 0 Å². The van der Waals surface area contributed by atoms with Crippen LogP contribution in [-0.2, 0) is 0 Å². The summed E-state index contributed by atoms with van der Waals surface area (Å²) in [7, 11) is 0. The van der Waals surface area contributed by atoms with Crippen LogP contribution in [0.1, 0.15) is 0 Å². The number of hydrogen-bond donors (Lipinski definition) is 0. The SMILES string of the molecule is c1nc(-c2ccc(-c3ccc4ccc5c(-c6ccc(-c7cocn7)cc6)ccc6ccc3c4c65)cc2)co1. The first-order valence-corrected chi connectivity index (χ1v) is 12.5. The third-order valence-corrected chi connectivity index (χ3v) is 7.51. The van der Waals surface area contributed by atoms with Crippen molar-refractivity contribution in [3.8, 4) is 44.8 Å². The lowest BCUT2D eigenvalue weighted by atomic mass is 9.87. The Morgan fingerprint density at radius 2 is 0.789 bits per heavy atom. The third-order valence-electron chi connectivity index (χ3n) is 7.51. The maximum Gasteiger partial charge on any atom is 0.181 e. The lowest BCUT2D eigenvalue weighted by Crippen LogP contribution is -1.89. The maximum absolute atomic E-state index is 5.15. The minimum absolute atomic E-state index is 0.841. The van der Waals surface area contributed by atoms with Crippen LogP contribution in [0.3, 0.4) is 0 Å². The topological polar surface area (TPSA) is 52.1 Å². The van der Waals surface area contributed by atoms with Crippen LogP contribution in [0.15, 0.2) is 131 Å². The molecule has 0 spiro atoms. The van der Waals surface area contributed by atoms with Crippen molar-refractivity contribution < 1.29 is 8.83 Å². The molecule has 178 valence electrons. The molecular weight excluding hydrogens is 468 g/mol. The van der Waals surface area contributed by atoms with E-state index in [0.29, 0.717) is 0 Å². The van der Waals surface area contributed by atoms with Gasteiger partial charge in [-0.3, -0.25) is 0 Å². The molecule has 0 fully saturated rings. The Morgan fingerprint density at radius 1 is 0.395 bits per heavy atom. The van der Waals surface area contributed by atoms with Crippen molar-refractivity contribution in [2.75, 3.05) is 0 Å². The average Bonchev–Trinajstić information content (AvgIpc) is 3.72. The minimum Gasteiger partial charge on any atom is -0.451 e. The van der Waals surface area contributed by atoms with Crippen LogP contribution < -0.4 is 0 Å². The monoisotopic (exact) mass is 488 g/mol. The molecule has 8 aromatic rings. The van der Waals surface area contributed by atoms with Crippen molar-refractivity contribution in [3.63, 3.8) is 0 Å². The molecule has 0 unspecified atom stereocenters. The second-order valence-corrected chi connectivity index (χ2v) is 9.55. The molecule has 0 amide bonds. The summed E-state index contributed by atoms with van der Waals surface area (Å²) >= 11 is 0. The van der Waals surface area contributed by atoms with Gasteiger partial charge in [0.05, 0.1) is 0 Å². The lowest BCUT2D eigenvalue weighted by Gasteiger charge is -2.16. The molecule has 0 saturated heterocycles. The molecule has 4 heteroatoms. The minimum atomic E-state index is 0.841. The highest BCUT2D eigenvalue weighted by Gasteiger charge is 2.15. The number of nitrogens with zero attached hydrogens (tertiary/aromatic N) is 2. The molecule has 0 bridgehead atoms. The van der Waals surface area contributed by atoms with Gasteiger partial charge in [-0.2, -0.15) is 0 Å². The van der Waals surface area contributed by atoms with Crippen molar-refractivity contribution >= 4 is 32.3 Å². The Bertz CT molecular complexity index is 1890. The summed E-state index contributed by atoms with van der Waals surface area (Å²) in [5, 5.41) is 7.62. The Balaban J connectivity index is 1.29. The molecule has 38 heavy (non-hydrogen) atoms. The van der Waals surface area contributed by atoms with E-state index >= 15 is 0 Å². The van der Waals surface area contributed by atoms with Crippen molar-refractivity contribution in [2.24, 2.45) is 0 Å². The van der Waals surface area contributed by atoms with E-state index in [1.807, 2.05) is 0 Å². The van der Waals surface area contributed by atoms with E-state index in [1.54, 1.807) is 12.5 Å². The van der Waals surface area contributed by atoms with E-state index in [0.717, 1.165) is 22.5 Å². The number of aromatic nitrogens is 2. The summed E-state index contributed by atoms with van der Waals surface area (Å²) in [5.41, 5.74) is 8.57. The third kappa shape index (κ3) is 3.17. The molecule has 0 N–H and O–H groups in total. The Labute approximate surface area is 218 Å². The molecule has 0 aliphatic rings. The Morgan fingerprint density at radius 3 is 1.18 bits per heavy atom. The van der Waals surface area contributed by atoms with Gasteiger partial charge in [0.25, 0.3) is 0 Å². The highest BCUT2D eigenvalue weighted by Crippen LogP contribution is 2.42. The molecule has 2 aromatic heterocycles. The Hall–Kier alpha value is -5.22. The molecule has 8 rings (SSSR count). The Kier molecular flexibility index (Phi) is 4.49. The summed E-state index contributed by atoms with van der Waals surface area (Å²) in [6, 6.07) is 35.0. The second kappa shape index (κ2) is 8.15. The van der Waals surface area contributed by atoms with Crippen molar-refractivity contribution in [3.05, 3.63) is 122 Å². The summed E-state index contributed by atoms with van der Waals surface area (Å²) in [6.45, 7) is 0. The first kappa shape index (κ1) is 20.9. The fourth-order valence-corrected chi connectivity index (χ4v) is 5.66. The fourth-order valence-electron chi connectivity index (χ4n) is 5.66. The van der Waals surface area contributed by atoms with Crippen LogP contribution in [0.4, 0.5) is 0 Å². The molecule has 4 nitrogen and oxygen atoms in total. The van der Waals surface area contributed by atoms with E-state index in [4.69, 9.17) is 8.83 Å². The number of benzene rings is 6. The molecule has 0 radical (unpaired) electrons. The van der Waals surface area contributed by atoms with Crippen molar-refractivity contribution in [2.45, 2.75) is 0 Å². The summed E-state index contributed by atoms with van der Waals surface area (Å²) in [6.07, 6.45) is 6.27. The predicted molar refractivity (Wildman–Crippen MR) is 152 cm³/mol. The van der Waals surface area contributed by atoms with Crippen LogP contribution in [0, 0.1) is 0 Å². The van der Waals surface area contributed by atoms with Gasteiger partial charge in [-0.25, -0.2) is 9.97 Å². The summed E-state index contributed by atoms with van der Waals surface area (Å²) in [5.74, 6) is 0. The van der Waals surface area contributed by atoms with E-state index in [2.05, 4.69) is 107 Å². The van der Waals surface area contributed by atoms with E-state index in [-0.39, 0.29) is 0 Å². The first-order valence-electron chi connectivity index (χ1n) is 12.5. The largest absolute Gasteiger partial charge is 0.451 e. The van der Waals surface area contributed by atoms with Gasteiger partial charge in [-0.15, -0.1) is 0 Å². The summed E-state index contributed by atoms with van der Waals surface area (Å²) < 4.78 is 10.3. The quantitative estimate of drug-likeness (QED) is 0.232. The van der Waals surface area contributed by atoms with E-state index in [1.165, 1.54) is 67.4 Å². The highest BCUT2D eigenvalue weighted by atomic mass is 16.3. The highest BCUT2D eigenvalue weighted by molar-refractivity contribution is 6.27. The van der Waals surface area contributed by atoms with Gasteiger partial charge in [0.15, 0.2) is 12.8 Å². The fraction of sp³-hybridized carbons (Fsp3) is 0. The molecule has 6 aromatic carbocycles. The zero-order valence-corrected chi connectivity index (χ0v) is 20.3. The predicted octanol–water partition coefficient (Wildman–Crippen LogP) is 9.23. The number of rotatable bonds is 4. The molecule has 0 aliphatic heterocycles. The van der Waals surface area contributed by atoms with Crippen LogP contribution in [-0.4, -0.2) is 9.97 Å². The van der Waals surface area contributed by atoms with Crippen molar-refractivity contribution in [1.29, 1.82) is 0 Å². The van der Waals surface area contributed by atoms with Crippen LogP contribution in [0.25, 0.3) is 77.1 Å². The second-order valence-electron chi connectivity index (χ2n) is 9.55. The van der Waals surface area contributed by atoms with Gasteiger partial charge in [-0.05, 0) is 54.6 Å². The maximum atomic E-state index is 5.15. The van der Waals surface area contributed by atoms with Gasteiger partial charge >= 0.3 is 0 Å². The number of hydrogen-bond acceptors (Lipinski definition) is 4. The average molecular weight is 489 g/mol. The van der Waals surface area contributed by atoms with Gasteiger partial charge in [0.2, 0.25) is 0 Å². The van der Waals surface area contributed by atoms with Gasteiger partial charge in [0.1, 0.15) is 23.9 Å². The normalized spacial score (nSPS) is 11.7. The lowest BCUT2D eigenvalue weighted by molar-refractivity contribution is 0.558. The van der Waals surface area contributed by atoms with Gasteiger partial charge in [-0.1, -0.05) is 97.1 Å². The van der Waals surface area contributed by atoms with Crippen LogP contribution >= 0.6 is 0 Å². The summed E-state index contributed by atoms with van der Waals surface area (Å²) in [4.78, 5) is 8.54. The molecule has 2 heterocycles. The van der Waals surface area contributed by atoms with E-state index < -0.39 is 0 Å².